The molecule has 6 rings (SSSR count). The number of benzene rings is 1. The van der Waals surface area contributed by atoms with Gasteiger partial charge in [-0.1, -0.05) is 12.1 Å². The van der Waals surface area contributed by atoms with Gasteiger partial charge < -0.3 is 14.4 Å². The number of hydrogen-bond donors (Lipinski definition) is 0. The van der Waals surface area contributed by atoms with Crippen LogP contribution in [0.5, 0.6) is 17.4 Å². The lowest BCUT2D eigenvalue weighted by Crippen LogP contribution is -2.38. The maximum absolute atomic E-state index is 13.1. The van der Waals surface area contributed by atoms with Gasteiger partial charge in [0.2, 0.25) is 5.88 Å². The minimum absolute atomic E-state index is 0.000917. The molecule has 0 atom stereocenters. The first kappa shape index (κ1) is 22.4. The van der Waals surface area contributed by atoms with Crippen LogP contribution in [0.1, 0.15) is 42.5 Å². The Labute approximate surface area is 203 Å². The van der Waals surface area contributed by atoms with Gasteiger partial charge in [-0.2, -0.15) is 23.4 Å². The molecule has 3 aliphatic rings. The zero-order valence-corrected chi connectivity index (χ0v) is 19.0. The first-order valence-electron chi connectivity index (χ1n) is 11.5. The minimum atomic E-state index is -4.64. The maximum Gasteiger partial charge on any atom is 0.433 e. The zero-order chi connectivity index (χ0) is 25.1. The molecule has 0 unspecified atom stereocenters. The molecule has 3 aliphatic heterocycles. The van der Waals surface area contributed by atoms with E-state index in [9.17, 15) is 23.2 Å². The molecule has 1 aromatic carbocycles. The number of rotatable bonds is 5. The number of nitrogens with zero attached hydrogens (tertiary/aromatic N) is 5. The molecule has 3 aromatic rings. The monoisotopic (exact) mass is 495 g/mol. The van der Waals surface area contributed by atoms with E-state index in [0.29, 0.717) is 18.2 Å². The van der Waals surface area contributed by atoms with E-state index < -0.39 is 11.9 Å². The Balaban J connectivity index is 1.28. The van der Waals surface area contributed by atoms with Crippen LogP contribution in [0.3, 0.4) is 0 Å². The van der Waals surface area contributed by atoms with Crippen molar-refractivity contribution in [1.29, 1.82) is 5.26 Å². The number of ether oxygens (including phenoxy) is 2. The standard InChI is InChI=1S/C25H20F3N5O3/c26-25(27,28)19-10-18(6-9-30-19)36-22-15(12-29)2-1-3-16(22)13-35-20-11-21-32(23(34)31-20)14-24-7-4-17(5-8-24)33(21)24/h1-3,6,9-11,17H,4-5,7-8,13-14H2. The average Bonchev–Trinajstić information content (AvgIpc) is 3.49. The number of nitriles is 1. The van der Waals surface area contributed by atoms with Crippen molar-refractivity contribution in [2.45, 2.75) is 56.6 Å². The predicted molar refractivity (Wildman–Crippen MR) is 121 cm³/mol. The fourth-order valence-electron chi connectivity index (χ4n) is 5.69. The van der Waals surface area contributed by atoms with E-state index in [-0.39, 0.29) is 40.8 Å². The van der Waals surface area contributed by atoms with E-state index >= 15 is 0 Å². The number of pyridine rings is 1. The summed E-state index contributed by atoms with van der Waals surface area (Å²) in [6.45, 7) is 0.533. The van der Waals surface area contributed by atoms with Crippen molar-refractivity contribution < 1.29 is 22.6 Å². The highest BCUT2D eigenvalue weighted by Gasteiger charge is 2.56. The Bertz CT molecular complexity index is 1450. The fraction of sp³-hybridized carbons (Fsp3) is 0.360. The van der Waals surface area contributed by atoms with Crippen LogP contribution < -0.4 is 20.1 Å². The lowest BCUT2D eigenvalue weighted by Gasteiger charge is -2.27. The fourth-order valence-corrected chi connectivity index (χ4v) is 5.69. The summed E-state index contributed by atoms with van der Waals surface area (Å²) in [6.07, 6.45) is 0.687. The summed E-state index contributed by atoms with van der Waals surface area (Å²) >= 11 is 0. The van der Waals surface area contributed by atoms with Crippen LogP contribution in [0.25, 0.3) is 0 Å². The summed E-state index contributed by atoms with van der Waals surface area (Å²) in [7, 11) is 0. The third-order valence-electron chi connectivity index (χ3n) is 7.26. The third-order valence-corrected chi connectivity index (χ3v) is 7.26. The molecule has 0 N–H and O–H groups in total. The second-order valence-corrected chi connectivity index (χ2v) is 9.32. The van der Waals surface area contributed by atoms with Crippen molar-refractivity contribution in [3.63, 3.8) is 0 Å². The third kappa shape index (κ3) is 3.56. The van der Waals surface area contributed by atoms with Crippen LogP contribution in [0, 0.1) is 11.3 Å². The highest BCUT2D eigenvalue weighted by atomic mass is 19.4. The molecule has 11 heteroatoms. The van der Waals surface area contributed by atoms with Crippen molar-refractivity contribution in [1.82, 2.24) is 14.5 Å². The molecular weight excluding hydrogens is 475 g/mol. The SMILES string of the molecule is N#Cc1cccc(COc2cc3n(c(=O)n2)CC24CCC(CC2)N34)c1Oc1ccnc(C(F)(F)F)c1. The molecule has 8 nitrogen and oxygen atoms in total. The van der Waals surface area contributed by atoms with Gasteiger partial charge in [0.05, 0.1) is 17.6 Å². The van der Waals surface area contributed by atoms with Crippen molar-refractivity contribution >= 4 is 5.82 Å². The van der Waals surface area contributed by atoms with Crippen LogP contribution in [0.15, 0.2) is 47.4 Å². The summed E-state index contributed by atoms with van der Waals surface area (Å²) < 4.78 is 52.5. The predicted octanol–water partition coefficient (Wildman–Crippen LogP) is 4.42. The van der Waals surface area contributed by atoms with Gasteiger partial charge in [-0.05, 0) is 37.8 Å². The van der Waals surface area contributed by atoms with E-state index in [0.717, 1.165) is 43.8 Å². The van der Waals surface area contributed by atoms with Gasteiger partial charge in [0, 0.05) is 29.9 Å². The molecule has 0 spiro atoms. The number of halogens is 3. The van der Waals surface area contributed by atoms with Crippen molar-refractivity contribution in [2.75, 3.05) is 4.90 Å². The number of fused-ring (bicyclic) bond motifs is 1. The van der Waals surface area contributed by atoms with Crippen LogP contribution in [-0.2, 0) is 19.3 Å². The van der Waals surface area contributed by atoms with Gasteiger partial charge in [-0.15, -0.1) is 0 Å². The van der Waals surface area contributed by atoms with Crippen molar-refractivity contribution in [2.24, 2.45) is 0 Å². The Hall–Kier alpha value is -4.07. The number of aromatic nitrogens is 3. The van der Waals surface area contributed by atoms with Crippen LogP contribution in [0.4, 0.5) is 19.0 Å². The Morgan fingerprint density at radius 1 is 1.19 bits per heavy atom. The second kappa shape index (κ2) is 7.98. The average molecular weight is 495 g/mol. The molecule has 2 aromatic heterocycles. The minimum Gasteiger partial charge on any atom is -0.472 e. The summed E-state index contributed by atoms with van der Waals surface area (Å²) in [5.74, 6) is 0.897. The Morgan fingerprint density at radius 3 is 2.75 bits per heavy atom. The largest absolute Gasteiger partial charge is 0.472 e. The maximum atomic E-state index is 13.1. The highest BCUT2D eigenvalue weighted by Crippen LogP contribution is 2.53. The summed E-state index contributed by atoms with van der Waals surface area (Å²) in [5.41, 5.74) is -0.947. The van der Waals surface area contributed by atoms with Crippen molar-refractivity contribution in [3.05, 3.63) is 69.9 Å². The molecule has 0 saturated carbocycles. The van der Waals surface area contributed by atoms with Crippen molar-refractivity contribution in [3.8, 4) is 23.4 Å². The molecule has 184 valence electrons. The topological polar surface area (TPSA) is 93.3 Å². The molecule has 2 bridgehead atoms. The number of hydrogen-bond acceptors (Lipinski definition) is 7. The van der Waals surface area contributed by atoms with E-state index in [1.165, 1.54) is 12.1 Å². The number of alkyl halides is 3. The molecule has 36 heavy (non-hydrogen) atoms. The summed E-state index contributed by atoms with van der Waals surface area (Å²) in [6, 6.07) is 11.0. The molecule has 2 saturated heterocycles. The molecule has 0 amide bonds. The smallest absolute Gasteiger partial charge is 0.433 e. The lowest BCUT2D eigenvalue weighted by molar-refractivity contribution is -0.141. The molecule has 2 fully saturated rings. The molecule has 5 heterocycles. The van der Waals surface area contributed by atoms with Crippen LogP contribution in [-0.4, -0.2) is 26.1 Å². The summed E-state index contributed by atoms with van der Waals surface area (Å²) in [4.78, 5) is 22.5. The Morgan fingerprint density at radius 2 is 2.00 bits per heavy atom. The first-order chi connectivity index (χ1) is 17.3. The van der Waals surface area contributed by atoms with Gasteiger partial charge in [0.25, 0.3) is 0 Å². The van der Waals surface area contributed by atoms with Gasteiger partial charge in [-0.25, -0.2) is 4.79 Å². The molecule has 0 aliphatic carbocycles. The quantitative estimate of drug-likeness (QED) is 0.518. The highest BCUT2D eigenvalue weighted by molar-refractivity contribution is 5.55. The summed E-state index contributed by atoms with van der Waals surface area (Å²) in [5, 5.41) is 9.55. The number of anilines is 1. The van der Waals surface area contributed by atoms with E-state index in [2.05, 4.69) is 14.9 Å². The normalized spacial score (nSPS) is 21.7. The first-order valence-corrected chi connectivity index (χ1v) is 11.5. The van der Waals surface area contributed by atoms with Gasteiger partial charge in [-0.3, -0.25) is 9.55 Å². The van der Waals surface area contributed by atoms with E-state index in [1.807, 2.05) is 6.07 Å². The van der Waals surface area contributed by atoms with E-state index in [4.69, 9.17) is 9.47 Å². The van der Waals surface area contributed by atoms with Gasteiger partial charge in [0.1, 0.15) is 29.9 Å². The van der Waals surface area contributed by atoms with Gasteiger partial charge in [0.15, 0.2) is 5.75 Å². The lowest BCUT2D eigenvalue weighted by atomic mass is 9.88. The molecular formula is C25H20F3N5O3. The second-order valence-electron chi connectivity index (χ2n) is 9.32. The zero-order valence-electron chi connectivity index (χ0n) is 19.0. The van der Waals surface area contributed by atoms with Crippen LogP contribution in [0.2, 0.25) is 0 Å². The Kier molecular flexibility index (Phi) is 4.96. The molecule has 0 radical (unpaired) electrons. The number of para-hydroxylation sites is 1. The van der Waals surface area contributed by atoms with Crippen LogP contribution >= 0.6 is 0 Å². The van der Waals surface area contributed by atoms with E-state index in [1.54, 1.807) is 22.8 Å². The van der Waals surface area contributed by atoms with Gasteiger partial charge >= 0.3 is 11.9 Å².